The summed E-state index contributed by atoms with van der Waals surface area (Å²) in [6, 6.07) is 55.4. The van der Waals surface area contributed by atoms with Crippen molar-refractivity contribution in [2.24, 2.45) is 0 Å². The first-order valence-electron chi connectivity index (χ1n) is 23.8. The van der Waals surface area contributed by atoms with Gasteiger partial charge in [-0.15, -0.1) is 0 Å². The summed E-state index contributed by atoms with van der Waals surface area (Å²) in [6.45, 7) is 17.6. The highest BCUT2D eigenvalue weighted by Crippen LogP contribution is 2.70. The van der Waals surface area contributed by atoms with E-state index in [4.69, 9.17) is 4.42 Å². The second kappa shape index (κ2) is 11.5. The van der Waals surface area contributed by atoms with Gasteiger partial charge in [0.25, 0.3) is 0 Å². The maximum absolute atomic E-state index is 6.99. The van der Waals surface area contributed by atoms with E-state index in [-0.39, 0.29) is 28.5 Å². The standard InChI is InChI=1S/C61H49BN2O/c1-58(2)29-30-59(3,4)51-44(58)33-45-55-52(51)61(7)42-22-13-11-19-36(42)40-32-41-39-31-35(34-17-9-8-10-18-34)27-28-47(39)64(48-25-15-21-38-37-20-12-14-26-49(37)65-57(38)48)62-46-24-16-23-43(60(45,5)6)54(46)63(55)56(50(40)61)53(41)62/h8-28,31-33H,29-30H2,1-7H3. The molecule has 4 aliphatic heterocycles. The van der Waals surface area contributed by atoms with E-state index in [1.165, 1.54) is 95.7 Å². The van der Waals surface area contributed by atoms with E-state index < -0.39 is 0 Å². The fourth-order valence-electron chi connectivity index (χ4n) is 14.2. The van der Waals surface area contributed by atoms with E-state index >= 15 is 0 Å². The minimum atomic E-state index is -0.382. The summed E-state index contributed by atoms with van der Waals surface area (Å²) in [5, 5.41) is 2.29. The van der Waals surface area contributed by atoms with E-state index in [1.54, 1.807) is 16.7 Å². The Kier molecular flexibility index (Phi) is 6.49. The Labute approximate surface area is 381 Å². The molecule has 15 rings (SSSR count). The largest absolute Gasteiger partial charge is 0.454 e. The second-order valence-corrected chi connectivity index (χ2v) is 21.9. The summed E-state index contributed by atoms with van der Waals surface area (Å²) in [4.78, 5) is 5.50. The molecule has 0 saturated heterocycles. The van der Waals surface area contributed by atoms with Crippen LogP contribution in [0.5, 0.6) is 0 Å². The lowest BCUT2D eigenvalue weighted by atomic mass is 9.41. The highest BCUT2D eigenvalue weighted by Gasteiger charge is 2.60. The van der Waals surface area contributed by atoms with Gasteiger partial charge in [0.2, 0.25) is 0 Å². The molecule has 8 aromatic carbocycles. The average Bonchev–Trinajstić information content (AvgIpc) is 3.83. The van der Waals surface area contributed by atoms with Gasteiger partial charge in [0.1, 0.15) is 5.58 Å². The molecule has 4 heteroatoms. The normalized spacial score (nSPS) is 19.8. The Morgan fingerprint density at radius 2 is 1.22 bits per heavy atom. The maximum atomic E-state index is 6.99. The monoisotopic (exact) mass is 836 g/mol. The summed E-state index contributed by atoms with van der Waals surface area (Å²) in [6.07, 6.45) is 2.34. The van der Waals surface area contributed by atoms with E-state index in [0.717, 1.165) is 34.0 Å². The van der Waals surface area contributed by atoms with Gasteiger partial charge in [-0.2, -0.15) is 0 Å². The van der Waals surface area contributed by atoms with E-state index in [9.17, 15) is 0 Å². The number of fused-ring (bicyclic) bond motifs is 12. The highest BCUT2D eigenvalue weighted by molar-refractivity contribution is 6.94. The molecule has 6 aliphatic rings. The number of para-hydroxylation sites is 3. The van der Waals surface area contributed by atoms with E-state index in [1.807, 2.05) is 0 Å². The lowest BCUT2D eigenvalue weighted by Crippen LogP contribution is -2.64. The first kappa shape index (κ1) is 36.6. The van der Waals surface area contributed by atoms with Gasteiger partial charge in [0, 0.05) is 44.2 Å². The fourth-order valence-corrected chi connectivity index (χ4v) is 14.2. The number of rotatable bonds is 2. The van der Waals surface area contributed by atoms with Crippen molar-refractivity contribution in [1.29, 1.82) is 0 Å². The molecule has 0 spiro atoms. The fraction of sp³-hybridized carbons (Fsp3) is 0.213. The molecule has 1 aromatic heterocycles. The zero-order valence-corrected chi connectivity index (χ0v) is 38.2. The third-order valence-electron chi connectivity index (χ3n) is 17.4. The molecule has 5 heterocycles. The van der Waals surface area contributed by atoms with Gasteiger partial charge < -0.3 is 14.1 Å². The van der Waals surface area contributed by atoms with Gasteiger partial charge in [-0.1, -0.05) is 157 Å². The minimum Gasteiger partial charge on any atom is -0.454 e. The molecule has 0 bridgehead atoms. The summed E-state index contributed by atoms with van der Waals surface area (Å²) in [5.74, 6) is 0. The number of nitrogens with zero attached hydrogens (tertiary/aromatic N) is 2. The summed E-state index contributed by atoms with van der Waals surface area (Å²) in [7, 11) is 0. The van der Waals surface area contributed by atoms with Crippen molar-refractivity contribution in [1.82, 2.24) is 0 Å². The van der Waals surface area contributed by atoms with Crippen LogP contribution in [0.1, 0.15) is 100 Å². The van der Waals surface area contributed by atoms with Gasteiger partial charge in [0.05, 0.1) is 11.4 Å². The number of hydrogen-bond acceptors (Lipinski definition) is 3. The predicted molar refractivity (Wildman–Crippen MR) is 271 cm³/mol. The molecule has 0 fully saturated rings. The summed E-state index contributed by atoms with van der Waals surface area (Å²) >= 11 is 0. The van der Waals surface area contributed by atoms with E-state index in [0.29, 0.717) is 0 Å². The molecule has 0 amide bonds. The van der Waals surface area contributed by atoms with Crippen molar-refractivity contribution >= 4 is 68.1 Å². The molecule has 1 unspecified atom stereocenters. The van der Waals surface area contributed by atoms with Crippen molar-refractivity contribution in [2.45, 2.75) is 83.0 Å². The third-order valence-corrected chi connectivity index (χ3v) is 17.4. The Balaban J connectivity index is 1.15. The Bertz CT molecular complexity index is 3680. The van der Waals surface area contributed by atoms with Crippen LogP contribution in [-0.2, 0) is 21.7 Å². The van der Waals surface area contributed by atoms with Gasteiger partial charge >= 0.3 is 6.85 Å². The number of anilines is 5. The molecular formula is C61H49BN2O. The lowest BCUT2D eigenvalue weighted by molar-refractivity contribution is 0.326. The summed E-state index contributed by atoms with van der Waals surface area (Å²) in [5.41, 5.74) is 28.7. The zero-order chi connectivity index (χ0) is 43.7. The number of furan rings is 1. The Morgan fingerprint density at radius 1 is 0.477 bits per heavy atom. The van der Waals surface area contributed by atoms with Gasteiger partial charge in [0.15, 0.2) is 5.58 Å². The Hall–Kier alpha value is -6.78. The van der Waals surface area contributed by atoms with Crippen LogP contribution >= 0.6 is 0 Å². The van der Waals surface area contributed by atoms with Gasteiger partial charge in [-0.25, -0.2) is 0 Å². The maximum Gasteiger partial charge on any atom is 0.333 e. The van der Waals surface area contributed by atoms with Crippen LogP contribution in [0.4, 0.5) is 28.4 Å². The van der Waals surface area contributed by atoms with Crippen molar-refractivity contribution in [2.75, 3.05) is 9.71 Å². The zero-order valence-electron chi connectivity index (χ0n) is 38.2. The van der Waals surface area contributed by atoms with Gasteiger partial charge in [-0.05, 0) is 139 Å². The first-order chi connectivity index (χ1) is 31.4. The topological polar surface area (TPSA) is 19.6 Å². The van der Waals surface area contributed by atoms with Crippen LogP contribution in [-0.4, -0.2) is 6.85 Å². The molecule has 9 aromatic rings. The van der Waals surface area contributed by atoms with Crippen molar-refractivity contribution in [3.63, 3.8) is 0 Å². The SMILES string of the molecule is CC1(C)CCC(C)(C)c2c1cc1c3c2C2(C)c4ccccc4-c4cc5c6c(c42)N3c2c(cccc2C1(C)C)B6N(c1cccc2c1oc1ccccc12)c1ccc(-c2ccccc2)cc1-5. The average molecular weight is 837 g/mol. The Morgan fingerprint density at radius 3 is 2.08 bits per heavy atom. The molecule has 65 heavy (non-hydrogen) atoms. The van der Waals surface area contributed by atoms with E-state index in [2.05, 4.69) is 204 Å². The lowest BCUT2D eigenvalue weighted by Gasteiger charge is -2.57. The third kappa shape index (κ3) is 4.14. The smallest absolute Gasteiger partial charge is 0.333 e. The number of benzene rings is 8. The second-order valence-electron chi connectivity index (χ2n) is 21.9. The molecular weight excluding hydrogens is 787 g/mol. The quantitative estimate of drug-likeness (QED) is 0.162. The van der Waals surface area contributed by atoms with Gasteiger partial charge in [-0.3, -0.25) is 0 Å². The van der Waals surface area contributed by atoms with Crippen LogP contribution in [0.2, 0.25) is 0 Å². The minimum absolute atomic E-state index is 0.00125. The van der Waals surface area contributed by atoms with Crippen LogP contribution in [0.25, 0.3) is 55.3 Å². The van der Waals surface area contributed by atoms with Crippen LogP contribution < -0.4 is 20.6 Å². The first-order valence-corrected chi connectivity index (χ1v) is 23.8. The van der Waals surface area contributed by atoms with Crippen molar-refractivity contribution in [3.05, 3.63) is 185 Å². The van der Waals surface area contributed by atoms with Crippen LogP contribution in [0.3, 0.4) is 0 Å². The van der Waals surface area contributed by atoms with Crippen molar-refractivity contribution < 1.29 is 4.42 Å². The highest BCUT2D eigenvalue weighted by atomic mass is 16.3. The molecule has 312 valence electrons. The van der Waals surface area contributed by atoms with Crippen molar-refractivity contribution in [3.8, 4) is 33.4 Å². The molecule has 0 saturated carbocycles. The summed E-state index contributed by atoms with van der Waals surface area (Å²) < 4.78 is 6.99. The molecule has 1 atom stereocenters. The molecule has 3 nitrogen and oxygen atoms in total. The number of hydrogen-bond donors (Lipinski definition) is 0. The molecule has 0 N–H and O–H groups in total. The molecule has 2 aliphatic carbocycles. The van der Waals surface area contributed by atoms with Crippen LogP contribution in [0, 0.1) is 0 Å². The predicted octanol–water partition coefficient (Wildman–Crippen LogP) is 14.6. The van der Waals surface area contributed by atoms with Crippen LogP contribution in [0.15, 0.2) is 150 Å². The molecule has 0 radical (unpaired) electrons.